The Bertz CT molecular complexity index is 1290. The van der Waals surface area contributed by atoms with Crippen LogP contribution in [0.3, 0.4) is 0 Å². The second kappa shape index (κ2) is 8.94. The molecule has 4 rings (SSSR count). The van der Waals surface area contributed by atoms with Gasteiger partial charge in [-0.15, -0.1) is 0 Å². The van der Waals surface area contributed by atoms with Gasteiger partial charge in [0.25, 0.3) is 0 Å². The second-order valence-corrected chi connectivity index (χ2v) is 11.3. The zero-order chi connectivity index (χ0) is 22.2. The molecule has 1 saturated heterocycles. The normalized spacial score (nSPS) is 17.3. The van der Waals surface area contributed by atoms with E-state index in [1.807, 2.05) is 18.2 Å². The fraction of sp³-hybridized carbons (Fsp3) is 0.318. The Balaban J connectivity index is 1.56. The van der Waals surface area contributed by atoms with E-state index in [-0.39, 0.29) is 10.7 Å². The van der Waals surface area contributed by atoms with Crippen molar-refractivity contribution in [1.82, 2.24) is 4.90 Å². The lowest BCUT2D eigenvalue weighted by atomic mass is 10.1. The van der Waals surface area contributed by atoms with Crippen LogP contribution < -0.4 is 10.2 Å². The molecule has 0 N–H and O–H groups in total. The van der Waals surface area contributed by atoms with E-state index in [9.17, 15) is 13.2 Å². The predicted octanol–water partition coefficient (Wildman–Crippen LogP) is 4.37. The van der Waals surface area contributed by atoms with Gasteiger partial charge in [-0.2, -0.15) is 0 Å². The van der Waals surface area contributed by atoms with Crippen LogP contribution in [0.4, 0.5) is 0 Å². The summed E-state index contributed by atoms with van der Waals surface area (Å²) in [5.41, 5.74) is 0.790. The van der Waals surface area contributed by atoms with Crippen molar-refractivity contribution in [2.75, 3.05) is 32.5 Å². The van der Waals surface area contributed by atoms with E-state index in [1.54, 1.807) is 18.2 Å². The van der Waals surface area contributed by atoms with Gasteiger partial charge in [0.05, 0.1) is 21.2 Å². The van der Waals surface area contributed by atoms with E-state index in [0.717, 1.165) is 11.0 Å². The molecule has 0 bridgehead atoms. The molecule has 1 aliphatic rings. The Morgan fingerprint density at radius 2 is 2.06 bits per heavy atom. The van der Waals surface area contributed by atoms with E-state index in [0.29, 0.717) is 59.2 Å². The van der Waals surface area contributed by atoms with E-state index >= 15 is 0 Å². The number of benzene rings is 2. The second-order valence-electron chi connectivity index (χ2n) is 7.62. The fourth-order valence-corrected chi connectivity index (χ4v) is 5.30. The third-order valence-electron chi connectivity index (χ3n) is 5.42. The van der Waals surface area contributed by atoms with E-state index in [2.05, 4.69) is 20.8 Å². The molecule has 1 unspecified atom stereocenters. The summed E-state index contributed by atoms with van der Waals surface area (Å²) in [5, 5.41) is 0.473. The van der Waals surface area contributed by atoms with E-state index in [4.69, 9.17) is 20.8 Å². The molecule has 0 amide bonds. The van der Waals surface area contributed by atoms with E-state index in [1.165, 1.54) is 12.3 Å². The largest absolute Gasteiger partial charge is 0.491 e. The van der Waals surface area contributed by atoms with Gasteiger partial charge in [0.1, 0.15) is 18.1 Å². The van der Waals surface area contributed by atoms with Crippen LogP contribution in [0.2, 0.25) is 5.02 Å². The lowest BCUT2D eigenvalue weighted by Crippen LogP contribution is -2.29. The molecule has 2 heterocycles. The average molecular weight is 527 g/mol. The fourth-order valence-electron chi connectivity index (χ4n) is 3.73. The van der Waals surface area contributed by atoms with Gasteiger partial charge in [-0.25, -0.2) is 8.42 Å². The third kappa shape index (κ3) is 4.98. The molecule has 1 aromatic heterocycles. The maximum atomic E-state index is 12.6. The standard InChI is InChI=1S/C22H21BrClNO5S/c1-31(27,28)15-7-8-25(13-15)9-10-29-20-11-14(23)5-6-17(20)21-12-19(26)16-3-2-4-18(24)22(16)30-21/h2-6,11-12,15H,7-10,13H2,1H3. The zero-order valence-corrected chi connectivity index (χ0v) is 20.0. The summed E-state index contributed by atoms with van der Waals surface area (Å²) >= 11 is 9.69. The Morgan fingerprint density at radius 1 is 1.26 bits per heavy atom. The predicted molar refractivity (Wildman–Crippen MR) is 126 cm³/mol. The van der Waals surface area contributed by atoms with Crippen LogP contribution in [0.15, 0.2) is 56.1 Å². The minimum atomic E-state index is -3.03. The number of halogens is 2. The number of para-hydroxylation sites is 1. The van der Waals surface area contributed by atoms with Gasteiger partial charge in [0.15, 0.2) is 20.8 Å². The summed E-state index contributed by atoms with van der Waals surface area (Å²) in [4.78, 5) is 14.7. The summed E-state index contributed by atoms with van der Waals surface area (Å²) in [6.45, 7) is 2.22. The van der Waals surface area contributed by atoms with Crippen LogP contribution in [0, 0.1) is 0 Å². The molecule has 1 fully saturated rings. The lowest BCUT2D eigenvalue weighted by Gasteiger charge is -2.17. The van der Waals surface area contributed by atoms with Crippen molar-refractivity contribution in [2.45, 2.75) is 11.7 Å². The first-order valence-corrected chi connectivity index (χ1v) is 12.9. The molecule has 2 aromatic carbocycles. The Kier molecular flexibility index (Phi) is 6.44. The molecule has 0 radical (unpaired) electrons. The molecule has 1 aliphatic heterocycles. The SMILES string of the molecule is CS(=O)(=O)C1CCN(CCOc2cc(Br)ccc2-c2cc(=O)c3cccc(Cl)c3o2)C1. The first-order chi connectivity index (χ1) is 14.7. The smallest absolute Gasteiger partial charge is 0.193 e. The van der Waals surface area contributed by atoms with Gasteiger partial charge < -0.3 is 9.15 Å². The average Bonchev–Trinajstić information content (AvgIpc) is 3.18. The summed E-state index contributed by atoms with van der Waals surface area (Å²) in [6.07, 6.45) is 1.93. The van der Waals surface area contributed by atoms with Crippen LogP contribution in [0.1, 0.15) is 6.42 Å². The van der Waals surface area contributed by atoms with Crippen LogP contribution in [-0.2, 0) is 9.84 Å². The molecule has 0 spiro atoms. The highest BCUT2D eigenvalue weighted by Gasteiger charge is 2.29. The number of ether oxygens (including phenoxy) is 1. The molecular formula is C22H21BrClNO5S. The minimum Gasteiger partial charge on any atom is -0.491 e. The Morgan fingerprint density at radius 3 is 2.81 bits per heavy atom. The highest BCUT2D eigenvalue weighted by atomic mass is 79.9. The number of fused-ring (bicyclic) bond motifs is 1. The number of likely N-dealkylation sites (tertiary alicyclic amines) is 1. The van der Waals surface area contributed by atoms with Crippen LogP contribution in [-0.4, -0.2) is 51.1 Å². The molecule has 0 aliphatic carbocycles. The number of hydrogen-bond acceptors (Lipinski definition) is 6. The summed E-state index contributed by atoms with van der Waals surface area (Å²) < 4.78 is 36.3. The lowest BCUT2D eigenvalue weighted by molar-refractivity contribution is 0.238. The summed E-state index contributed by atoms with van der Waals surface area (Å²) in [6, 6.07) is 12.0. The van der Waals surface area contributed by atoms with Gasteiger partial charge in [0, 0.05) is 29.9 Å². The molecule has 9 heteroatoms. The highest BCUT2D eigenvalue weighted by molar-refractivity contribution is 9.10. The number of rotatable bonds is 6. The topological polar surface area (TPSA) is 76.8 Å². The highest BCUT2D eigenvalue weighted by Crippen LogP contribution is 2.34. The first kappa shape index (κ1) is 22.3. The van der Waals surface area contributed by atoms with Gasteiger partial charge in [0.2, 0.25) is 0 Å². The van der Waals surface area contributed by atoms with Crippen LogP contribution in [0.5, 0.6) is 5.75 Å². The number of nitrogens with zero attached hydrogens (tertiary/aromatic N) is 1. The van der Waals surface area contributed by atoms with Crippen molar-refractivity contribution in [1.29, 1.82) is 0 Å². The van der Waals surface area contributed by atoms with Gasteiger partial charge >= 0.3 is 0 Å². The van der Waals surface area contributed by atoms with Crippen LogP contribution in [0.25, 0.3) is 22.3 Å². The number of sulfone groups is 1. The van der Waals surface area contributed by atoms with Crippen molar-refractivity contribution in [3.8, 4) is 17.1 Å². The third-order valence-corrected chi connectivity index (χ3v) is 7.80. The van der Waals surface area contributed by atoms with Gasteiger partial charge in [-0.05, 0) is 43.3 Å². The van der Waals surface area contributed by atoms with Crippen molar-refractivity contribution in [2.24, 2.45) is 0 Å². The van der Waals surface area contributed by atoms with Crippen molar-refractivity contribution in [3.63, 3.8) is 0 Å². The van der Waals surface area contributed by atoms with Crippen molar-refractivity contribution >= 4 is 48.3 Å². The Hall–Kier alpha value is -1.87. The van der Waals surface area contributed by atoms with Crippen molar-refractivity contribution in [3.05, 3.63) is 62.2 Å². The first-order valence-electron chi connectivity index (χ1n) is 9.79. The minimum absolute atomic E-state index is 0.184. The molecule has 0 saturated carbocycles. The monoisotopic (exact) mass is 525 g/mol. The Labute approximate surface area is 193 Å². The molecule has 6 nitrogen and oxygen atoms in total. The number of hydrogen-bond donors (Lipinski definition) is 0. The quantitative estimate of drug-likeness (QED) is 0.475. The summed E-state index contributed by atoms with van der Waals surface area (Å²) in [7, 11) is -3.03. The maximum Gasteiger partial charge on any atom is 0.193 e. The van der Waals surface area contributed by atoms with Crippen molar-refractivity contribution < 1.29 is 17.6 Å². The molecule has 3 aromatic rings. The molecular weight excluding hydrogens is 506 g/mol. The molecule has 31 heavy (non-hydrogen) atoms. The summed E-state index contributed by atoms with van der Waals surface area (Å²) in [5.74, 6) is 0.925. The van der Waals surface area contributed by atoms with Gasteiger partial charge in [-0.1, -0.05) is 33.6 Å². The zero-order valence-electron chi connectivity index (χ0n) is 16.8. The van der Waals surface area contributed by atoms with Gasteiger partial charge in [-0.3, -0.25) is 9.69 Å². The van der Waals surface area contributed by atoms with E-state index < -0.39 is 9.84 Å². The molecule has 164 valence electrons. The molecule has 1 atom stereocenters. The maximum absolute atomic E-state index is 12.6. The van der Waals surface area contributed by atoms with Crippen LogP contribution >= 0.6 is 27.5 Å².